The first-order chi connectivity index (χ1) is 12.0. The molecule has 25 heavy (non-hydrogen) atoms. The Balaban J connectivity index is 2.92. The molecule has 0 aliphatic carbocycles. The van der Waals surface area contributed by atoms with Crippen LogP contribution in [0.5, 0.6) is 0 Å². The maximum absolute atomic E-state index is 12.4. The molecular weight excluding hydrogens is 388 g/mol. The monoisotopic (exact) mass is 412 g/mol. The number of cyclic esters (lactones) is 2. The van der Waals surface area contributed by atoms with Crippen LogP contribution in [0.2, 0.25) is 0 Å². The molecule has 1 fully saturated rings. The lowest BCUT2D eigenvalue weighted by Crippen LogP contribution is -2.42. The molecule has 3 unspecified atom stereocenters. The topological polar surface area (TPSA) is 88.1 Å². The molecule has 1 rings (SSSR count). The SMILES string of the molecule is CSCCC1OOC(=O)C(CCSC)OC(=O)C(CCSC)OC1=O. The van der Waals surface area contributed by atoms with Gasteiger partial charge in [0.2, 0.25) is 12.2 Å². The third kappa shape index (κ3) is 8.10. The molecule has 1 aliphatic rings. The molecular formula is C15H24O7S3. The number of ether oxygens (including phenoxy) is 2. The van der Waals surface area contributed by atoms with Gasteiger partial charge < -0.3 is 9.47 Å². The van der Waals surface area contributed by atoms with E-state index >= 15 is 0 Å². The van der Waals surface area contributed by atoms with Crippen molar-refractivity contribution in [2.24, 2.45) is 0 Å². The Hall–Kier alpha value is -0.580. The van der Waals surface area contributed by atoms with Crippen LogP contribution in [0.1, 0.15) is 19.3 Å². The number of rotatable bonds is 9. The Morgan fingerprint density at radius 2 is 1.08 bits per heavy atom. The highest BCUT2D eigenvalue weighted by Gasteiger charge is 2.36. The molecule has 3 atom stereocenters. The fourth-order valence-electron chi connectivity index (χ4n) is 1.92. The summed E-state index contributed by atoms with van der Waals surface area (Å²) in [5.74, 6) is -0.424. The molecule has 144 valence electrons. The van der Waals surface area contributed by atoms with E-state index in [0.717, 1.165) is 0 Å². The second kappa shape index (κ2) is 12.7. The zero-order chi connectivity index (χ0) is 18.7. The van der Waals surface area contributed by atoms with Crippen LogP contribution in [0.15, 0.2) is 0 Å². The van der Waals surface area contributed by atoms with E-state index in [-0.39, 0.29) is 0 Å². The van der Waals surface area contributed by atoms with Gasteiger partial charge in [0.1, 0.15) is 0 Å². The van der Waals surface area contributed by atoms with Crippen LogP contribution in [0.3, 0.4) is 0 Å². The van der Waals surface area contributed by atoms with Crippen LogP contribution in [0.4, 0.5) is 0 Å². The van der Waals surface area contributed by atoms with Gasteiger partial charge in [-0.25, -0.2) is 14.4 Å². The van der Waals surface area contributed by atoms with E-state index in [1.54, 1.807) is 0 Å². The molecule has 0 aromatic rings. The predicted molar refractivity (Wildman–Crippen MR) is 99.7 cm³/mol. The number of carbonyl (C=O) groups is 3. The molecule has 1 saturated heterocycles. The van der Waals surface area contributed by atoms with Crippen molar-refractivity contribution in [2.75, 3.05) is 36.0 Å². The molecule has 0 amide bonds. The quantitative estimate of drug-likeness (QED) is 0.413. The summed E-state index contributed by atoms with van der Waals surface area (Å²) in [6, 6.07) is 0. The Morgan fingerprint density at radius 1 is 0.680 bits per heavy atom. The number of carbonyl (C=O) groups excluding carboxylic acids is 3. The summed E-state index contributed by atoms with van der Waals surface area (Å²) in [6.07, 6.45) is 3.39. The standard InChI is InChI=1S/C15H24O7S3/c1-23-7-4-10-13(16)20-11(5-8-24-2)15(18)22-21-12(6-9-25-3)14(17)19-10/h10-12H,4-9H2,1-3H3. The van der Waals surface area contributed by atoms with Crippen molar-refractivity contribution >= 4 is 53.2 Å². The molecule has 1 heterocycles. The van der Waals surface area contributed by atoms with Crippen molar-refractivity contribution in [3.8, 4) is 0 Å². The molecule has 0 saturated carbocycles. The number of esters is 2. The van der Waals surface area contributed by atoms with Crippen LogP contribution in [0.25, 0.3) is 0 Å². The van der Waals surface area contributed by atoms with Crippen molar-refractivity contribution < 1.29 is 33.6 Å². The van der Waals surface area contributed by atoms with Gasteiger partial charge in [-0.3, -0.25) is 4.89 Å². The zero-order valence-corrected chi connectivity index (χ0v) is 17.0. The highest BCUT2D eigenvalue weighted by Crippen LogP contribution is 2.17. The molecule has 0 radical (unpaired) electrons. The minimum Gasteiger partial charge on any atom is -0.448 e. The number of hydrogen-bond donors (Lipinski definition) is 0. The summed E-state index contributed by atoms with van der Waals surface area (Å²) in [5, 5.41) is 0. The van der Waals surface area contributed by atoms with E-state index in [0.29, 0.717) is 36.5 Å². The van der Waals surface area contributed by atoms with E-state index < -0.39 is 36.2 Å². The second-order valence-corrected chi connectivity index (χ2v) is 8.14. The molecule has 0 aromatic carbocycles. The van der Waals surface area contributed by atoms with Crippen LogP contribution in [-0.4, -0.2) is 72.2 Å². The molecule has 0 aromatic heterocycles. The normalized spacial score (nSPS) is 25.1. The Kier molecular flexibility index (Phi) is 11.4. The van der Waals surface area contributed by atoms with Crippen molar-refractivity contribution in [3.05, 3.63) is 0 Å². The zero-order valence-electron chi connectivity index (χ0n) is 14.6. The van der Waals surface area contributed by atoms with Gasteiger partial charge in [0, 0.05) is 12.8 Å². The first kappa shape index (κ1) is 22.5. The Labute approximate surface area is 160 Å². The highest BCUT2D eigenvalue weighted by molar-refractivity contribution is 7.98. The van der Waals surface area contributed by atoms with Gasteiger partial charge in [-0.15, -0.1) is 0 Å². The third-order valence-corrected chi connectivity index (χ3v) is 5.24. The fraction of sp³-hybridized carbons (Fsp3) is 0.800. The van der Waals surface area contributed by atoms with Crippen LogP contribution in [-0.2, 0) is 33.6 Å². The van der Waals surface area contributed by atoms with Crippen molar-refractivity contribution in [1.82, 2.24) is 0 Å². The lowest BCUT2D eigenvalue weighted by Gasteiger charge is -2.25. The fourth-order valence-corrected chi connectivity index (χ4v) is 3.27. The molecule has 1 aliphatic heterocycles. The minimum absolute atomic E-state index is 0.299. The maximum Gasteiger partial charge on any atom is 0.382 e. The van der Waals surface area contributed by atoms with Gasteiger partial charge in [0.15, 0.2) is 6.10 Å². The van der Waals surface area contributed by atoms with Crippen LogP contribution < -0.4 is 0 Å². The van der Waals surface area contributed by atoms with E-state index in [4.69, 9.17) is 19.2 Å². The predicted octanol–water partition coefficient (Wildman–Crippen LogP) is 1.93. The van der Waals surface area contributed by atoms with Gasteiger partial charge in [-0.1, -0.05) is 0 Å². The Morgan fingerprint density at radius 3 is 1.56 bits per heavy atom. The number of thioether (sulfide) groups is 3. The minimum atomic E-state index is -1.07. The second-order valence-electron chi connectivity index (χ2n) is 5.18. The summed E-state index contributed by atoms with van der Waals surface area (Å²) in [5.41, 5.74) is 0. The van der Waals surface area contributed by atoms with E-state index in [1.165, 1.54) is 35.3 Å². The summed E-state index contributed by atoms with van der Waals surface area (Å²) >= 11 is 4.56. The average molecular weight is 413 g/mol. The lowest BCUT2D eigenvalue weighted by molar-refractivity contribution is -0.304. The third-order valence-electron chi connectivity index (χ3n) is 3.30. The van der Waals surface area contributed by atoms with Gasteiger partial charge in [0.05, 0.1) is 0 Å². The smallest absolute Gasteiger partial charge is 0.382 e. The first-order valence-electron chi connectivity index (χ1n) is 7.78. The average Bonchev–Trinajstić information content (AvgIpc) is 2.60. The molecule has 0 spiro atoms. The van der Waals surface area contributed by atoms with Gasteiger partial charge >= 0.3 is 17.9 Å². The summed E-state index contributed by atoms with van der Waals surface area (Å²) in [7, 11) is 0. The van der Waals surface area contributed by atoms with Crippen molar-refractivity contribution in [3.63, 3.8) is 0 Å². The van der Waals surface area contributed by atoms with Crippen molar-refractivity contribution in [2.45, 2.75) is 37.6 Å². The van der Waals surface area contributed by atoms with Gasteiger partial charge in [0.25, 0.3) is 0 Å². The summed E-state index contributed by atoms with van der Waals surface area (Å²) in [4.78, 5) is 46.5. The molecule has 7 nitrogen and oxygen atoms in total. The van der Waals surface area contributed by atoms with E-state index in [1.807, 2.05) is 18.8 Å². The lowest BCUT2D eigenvalue weighted by atomic mass is 10.2. The van der Waals surface area contributed by atoms with Crippen molar-refractivity contribution in [1.29, 1.82) is 0 Å². The number of hydrogen-bond acceptors (Lipinski definition) is 10. The largest absolute Gasteiger partial charge is 0.448 e. The molecule has 10 heteroatoms. The van der Waals surface area contributed by atoms with Gasteiger partial charge in [-0.05, 0) is 42.4 Å². The summed E-state index contributed by atoms with van der Waals surface area (Å²) < 4.78 is 10.5. The summed E-state index contributed by atoms with van der Waals surface area (Å²) in [6.45, 7) is 0. The highest BCUT2D eigenvalue weighted by atomic mass is 32.2. The molecule has 0 N–H and O–H groups in total. The first-order valence-corrected chi connectivity index (χ1v) is 12.0. The van der Waals surface area contributed by atoms with Crippen LogP contribution >= 0.6 is 35.3 Å². The molecule has 0 bridgehead atoms. The Bertz CT molecular complexity index is 447. The maximum atomic E-state index is 12.4. The van der Waals surface area contributed by atoms with E-state index in [9.17, 15) is 14.4 Å². The van der Waals surface area contributed by atoms with E-state index in [2.05, 4.69) is 0 Å². The van der Waals surface area contributed by atoms with Crippen LogP contribution in [0, 0.1) is 0 Å². The van der Waals surface area contributed by atoms with Gasteiger partial charge in [-0.2, -0.15) is 40.2 Å².